The molecule has 88 valence electrons. The summed E-state index contributed by atoms with van der Waals surface area (Å²) in [6.45, 7) is 7.99. The van der Waals surface area contributed by atoms with Crippen molar-refractivity contribution in [2.24, 2.45) is 11.8 Å². The van der Waals surface area contributed by atoms with Gasteiger partial charge in [0.05, 0.1) is 13.2 Å². The van der Waals surface area contributed by atoms with Gasteiger partial charge in [0, 0.05) is 25.0 Å². The van der Waals surface area contributed by atoms with E-state index in [1.54, 1.807) is 0 Å². The van der Waals surface area contributed by atoms with Crippen LogP contribution in [0.4, 0.5) is 0 Å². The molecule has 3 unspecified atom stereocenters. The summed E-state index contributed by atoms with van der Waals surface area (Å²) in [7, 11) is 2.05. The SMILES string of the molecule is CNC1COCC1CN1CCCC(C)C1. The maximum absolute atomic E-state index is 5.54. The van der Waals surface area contributed by atoms with Crippen LogP contribution in [0.5, 0.6) is 0 Å². The van der Waals surface area contributed by atoms with Crippen LogP contribution in [0, 0.1) is 11.8 Å². The fourth-order valence-electron chi connectivity index (χ4n) is 2.88. The first-order valence-corrected chi connectivity index (χ1v) is 6.27. The van der Waals surface area contributed by atoms with E-state index in [2.05, 4.69) is 17.1 Å². The Morgan fingerprint density at radius 1 is 1.40 bits per heavy atom. The van der Waals surface area contributed by atoms with Gasteiger partial charge in [0.25, 0.3) is 0 Å². The first-order valence-electron chi connectivity index (χ1n) is 6.27. The third kappa shape index (κ3) is 2.92. The van der Waals surface area contributed by atoms with Gasteiger partial charge in [-0.1, -0.05) is 6.92 Å². The molecule has 2 fully saturated rings. The lowest BCUT2D eigenvalue weighted by Gasteiger charge is -2.33. The summed E-state index contributed by atoms with van der Waals surface area (Å²) in [6, 6.07) is 0.572. The molecule has 0 aromatic heterocycles. The molecule has 0 spiro atoms. The van der Waals surface area contributed by atoms with E-state index in [9.17, 15) is 0 Å². The van der Waals surface area contributed by atoms with Crippen LogP contribution in [0.1, 0.15) is 19.8 Å². The second-order valence-electron chi connectivity index (χ2n) is 5.20. The van der Waals surface area contributed by atoms with Gasteiger partial charge in [-0.05, 0) is 32.4 Å². The molecular formula is C12H24N2O. The number of ether oxygens (including phenoxy) is 1. The number of nitrogens with zero attached hydrogens (tertiary/aromatic N) is 1. The third-order valence-corrected chi connectivity index (χ3v) is 3.80. The summed E-state index contributed by atoms with van der Waals surface area (Å²) < 4.78 is 5.54. The maximum atomic E-state index is 5.54. The van der Waals surface area contributed by atoms with Gasteiger partial charge >= 0.3 is 0 Å². The Morgan fingerprint density at radius 2 is 2.27 bits per heavy atom. The molecule has 0 aromatic rings. The van der Waals surface area contributed by atoms with Gasteiger partial charge in [-0.3, -0.25) is 0 Å². The fraction of sp³-hybridized carbons (Fsp3) is 1.00. The lowest BCUT2D eigenvalue weighted by molar-refractivity contribution is 0.138. The standard InChI is InChI=1S/C12H24N2O/c1-10-4-3-5-14(6-10)7-11-8-15-9-12(11)13-2/h10-13H,3-9H2,1-2H3. The monoisotopic (exact) mass is 212 g/mol. The molecule has 2 heterocycles. The Kier molecular flexibility index (Phi) is 4.00. The number of hydrogen-bond donors (Lipinski definition) is 1. The van der Waals surface area contributed by atoms with Crippen molar-refractivity contribution in [1.29, 1.82) is 0 Å². The highest BCUT2D eigenvalue weighted by atomic mass is 16.5. The van der Waals surface area contributed by atoms with Crippen LogP contribution in [0.25, 0.3) is 0 Å². The van der Waals surface area contributed by atoms with Crippen LogP contribution in [0.3, 0.4) is 0 Å². The number of likely N-dealkylation sites (N-methyl/N-ethyl adjacent to an activating group) is 1. The van der Waals surface area contributed by atoms with Crippen molar-refractivity contribution in [1.82, 2.24) is 10.2 Å². The smallest absolute Gasteiger partial charge is 0.0623 e. The quantitative estimate of drug-likeness (QED) is 0.754. The first kappa shape index (κ1) is 11.4. The van der Waals surface area contributed by atoms with Gasteiger partial charge in [-0.25, -0.2) is 0 Å². The number of likely N-dealkylation sites (tertiary alicyclic amines) is 1. The lowest BCUT2D eigenvalue weighted by Crippen LogP contribution is -2.43. The molecule has 0 bridgehead atoms. The van der Waals surface area contributed by atoms with Gasteiger partial charge in [0.1, 0.15) is 0 Å². The van der Waals surface area contributed by atoms with E-state index in [0.29, 0.717) is 12.0 Å². The summed E-state index contributed by atoms with van der Waals surface area (Å²) in [5.41, 5.74) is 0. The molecule has 3 nitrogen and oxygen atoms in total. The molecule has 2 saturated heterocycles. The highest BCUT2D eigenvalue weighted by Crippen LogP contribution is 2.20. The summed E-state index contributed by atoms with van der Waals surface area (Å²) in [6.07, 6.45) is 2.78. The largest absolute Gasteiger partial charge is 0.379 e. The number of piperidine rings is 1. The van der Waals surface area contributed by atoms with Crippen LogP contribution in [-0.4, -0.2) is 50.8 Å². The third-order valence-electron chi connectivity index (χ3n) is 3.80. The van der Waals surface area contributed by atoms with Gasteiger partial charge in [-0.15, -0.1) is 0 Å². The summed E-state index contributed by atoms with van der Waals surface area (Å²) in [5.74, 6) is 1.58. The zero-order valence-corrected chi connectivity index (χ0v) is 10.0. The molecule has 0 amide bonds. The van der Waals surface area contributed by atoms with Crippen molar-refractivity contribution >= 4 is 0 Å². The minimum atomic E-state index is 0.572. The van der Waals surface area contributed by atoms with E-state index in [4.69, 9.17) is 4.74 Å². The van der Waals surface area contributed by atoms with E-state index >= 15 is 0 Å². The van der Waals surface area contributed by atoms with Gasteiger partial charge in [-0.2, -0.15) is 0 Å². The molecule has 2 aliphatic rings. The predicted molar refractivity (Wildman–Crippen MR) is 62.0 cm³/mol. The average Bonchev–Trinajstić information content (AvgIpc) is 2.65. The minimum absolute atomic E-state index is 0.572. The molecule has 2 aliphatic heterocycles. The van der Waals surface area contributed by atoms with Crippen LogP contribution in [-0.2, 0) is 4.74 Å². The van der Waals surface area contributed by atoms with Crippen LogP contribution < -0.4 is 5.32 Å². The van der Waals surface area contributed by atoms with Gasteiger partial charge in [0.2, 0.25) is 0 Å². The molecular weight excluding hydrogens is 188 g/mol. The van der Waals surface area contributed by atoms with Crippen molar-refractivity contribution < 1.29 is 4.74 Å². The van der Waals surface area contributed by atoms with Crippen molar-refractivity contribution in [2.75, 3.05) is 39.9 Å². The molecule has 0 radical (unpaired) electrons. The Morgan fingerprint density at radius 3 is 3.00 bits per heavy atom. The molecule has 15 heavy (non-hydrogen) atoms. The number of rotatable bonds is 3. The highest BCUT2D eigenvalue weighted by Gasteiger charge is 2.29. The fourth-order valence-corrected chi connectivity index (χ4v) is 2.88. The normalized spacial score (nSPS) is 38.4. The summed E-state index contributed by atoms with van der Waals surface area (Å²) >= 11 is 0. The molecule has 0 saturated carbocycles. The second-order valence-corrected chi connectivity index (χ2v) is 5.20. The number of hydrogen-bond acceptors (Lipinski definition) is 3. The lowest BCUT2D eigenvalue weighted by atomic mass is 9.97. The molecule has 1 N–H and O–H groups in total. The van der Waals surface area contributed by atoms with E-state index in [-0.39, 0.29) is 0 Å². The highest BCUT2D eigenvalue weighted by molar-refractivity contribution is 4.84. The number of nitrogens with one attached hydrogen (secondary N) is 1. The van der Waals surface area contributed by atoms with Gasteiger partial charge in [0.15, 0.2) is 0 Å². The maximum Gasteiger partial charge on any atom is 0.0623 e. The van der Waals surface area contributed by atoms with Crippen LogP contribution in [0.15, 0.2) is 0 Å². The Bertz CT molecular complexity index is 198. The Hall–Kier alpha value is -0.120. The zero-order valence-electron chi connectivity index (χ0n) is 10.0. The van der Waals surface area contributed by atoms with Crippen molar-refractivity contribution in [3.63, 3.8) is 0 Å². The van der Waals surface area contributed by atoms with E-state index in [0.717, 1.165) is 19.1 Å². The van der Waals surface area contributed by atoms with Gasteiger partial charge < -0.3 is 15.0 Å². The average molecular weight is 212 g/mol. The predicted octanol–water partition coefficient (Wildman–Crippen LogP) is 0.953. The van der Waals surface area contributed by atoms with Crippen molar-refractivity contribution in [2.45, 2.75) is 25.8 Å². The zero-order chi connectivity index (χ0) is 10.7. The molecule has 0 aromatic carbocycles. The summed E-state index contributed by atoms with van der Waals surface area (Å²) in [5, 5.41) is 3.36. The Balaban J connectivity index is 1.80. The molecule has 2 rings (SSSR count). The molecule has 3 heteroatoms. The van der Waals surface area contributed by atoms with Crippen molar-refractivity contribution in [3.8, 4) is 0 Å². The van der Waals surface area contributed by atoms with E-state index in [1.165, 1.54) is 32.5 Å². The Labute approximate surface area is 93.2 Å². The van der Waals surface area contributed by atoms with Crippen molar-refractivity contribution in [3.05, 3.63) is 0 Å². The van der Waals surface area contributed by atoms with E-state index < -0.39 is 0 Å². The molecule has 0 aliphatic carbocycles. The minimum Gasteiger partial charge on any atom is -0.379 e. The summed E-state index contributed by atoms with van der Waals surface area (Å²) in [4.78, 5) is 2.62. The topological polar surface area (TPSA) is 24.5 Å². The first-order chi connectivity index (χ1) is 7.29. The van der Waals surface area contributed by atoms with E-state index in [1.807, 2.05) is 7.05 Å². The molecule has 3 atom stereocenters. The second kappa shape index (κ2) is 5.28. The van der Waals surface area contributed by atoms with Crippen LogP contribution >= 0.6 is 0 Å². The van der Waals surface area contributed by atoms with Crippen LogP contribution in [0.2, 0.25) is 0 Å².